The van der Waals surface area contributed by atoms with E-state index in [0.29, 0.717) is 0 Å². The van der Waals surface area contributed by atoms with Crippen LogP contribution in [0.3, 0.4) is 0 Å². The molecule has 202 valence electrons. The van der Waals surface area contributed by atoms with Crippen molar-refractivity contribution in [2.75, 3.05) is 11.5 Å². The second-order valence-electron chi connectivity index (χ2n) is 10.8. The van der Waals surface area contributed by atoms with Crippen molar-refractivity contribution in [1.29, 1.82) is 0 Å². The van der Waals surface area contributed by atoms with E-state index in [1.807, 2.05) is 0 Å². The quantitative estimate of drug-likeness (QED) is 0.0537. The minimum absolute atomic E-state index is 0. The molecule has 0 atom stereocenters. The van der Waals surface area contributed by atoms with Gasteiger partial charge in [0.2, 0.25) is 0 Å². The molecule has 0 saturated heterocycles. The zero-order chi connectivity index (χ0) is 23.9. The summed E-state index contributed by atoms with van der Waals surface area (Å²) < 4.78 is 0. The summed E-state index contributed by atoms with van der Waals surface area (Å²) in [6.45, 7) is 4.61. The molecule has 0 N–H and O–H groups in total. The van der Waals surface area contributed by atoms with E-state index in [1.54, 1.807) is 0 Å². The topological polar surface area (TPSA) is 0 Å². The van der Waals surface area contributed by atoms with Gasteiger partial charge in [0.05, 0.1) is 0 Å². The Kier molecular flexibility index (Phi) is 40.1. The SMILES string of the molecule is CCCCCCCCCCCCCCCCSCCCCCCCCCCCCCCCC.[Hg]. The smallest absolute Gasteiger partial charge is 0 e. The van der Waals surface area contributed by atoms with Gasteiger partial charge >= 0.3 is 0 Å². The van der Waals surface area contributed by atoms with E-state index >= 15 is 0 Å². The van der Waals surface area contributed by atoms with Crippen molar-refractivity contribution in [3.8, 4) is 0 Å². The monoisotopic (exact) mass is 684 g/mol. The van der Waals surface area contributed by atoms with Gasteiger partial charge in [0.25, 0.3) is 0 Å². The fraction of sp³-hybridized carbons (Fsp3) is 1.00. The summed E-state index contributed by atoms with van der Waals surface area (Å²) in [6, 6.07) is 0. The molecule has 0 nitrogen and oxygen atoms in total. The summed E-state index contributed by atoms with van der Waals surface area (Å²) in [7, 11) is 0. The molecule has 0 amide bonds. The molecule has 0 aliphatic rings. The predicted molar refractivity (Wildman–Crippen MR) is 158 cm³/mol. The second kappa shape index (κ2) is 36.4. The zero-order valence-electron chi connectivity index (χ0n) is 24.3. The maximum atomic E-state index is 2.31. The van der Waals surface area contributed by atoms with E-state index in [2.05, 4.69) is 25.6 Å². The van der Waals surface area contributed by atoms with Gasteiger partial charge in [-0.05, 0) is 24.3 Å². The molecular formula is C32H66HgS. The molecular weight excluding hydrogens is 617 g/mol. The molecule has 0 saturated carbocycles. The van der Waals surface area contributed by atoms with Crippen LogP contribution in [-0.2, 0) is 27.7 Å². The molecule has 2 heteroatoms. The molecule has 0 rings (SSSR count). The Labute approximate surface area is 243 Å². The molecule has 0 aromatic rings. The Morgan fingerprint density at radius 1 is 0.265 bits per heavy atom. The normalized spacial score (nSPS) is 11.1. The Bertz CT molecular complexity index is 290. The van der Waals surface area contributed by atoms with Crippen molar-refractivity contribution in [3.05, 3.63) is 0 Å². The third-order valence-electron chi connectivity index (χ3n) is 7.28. The number of hydrogen-bond acceptors (Lipinski definition) is 1. The largest absolute Gasteiger partial charge is 0.162 e. The summed E-state index contributed by atoms with van der Waals surface area (Å²) in [4.78, 5) is 0. The Morgan fingerprint density at radius 3 is 0.647 bits per heavy atom. The summed E-state index contributed by atoms with van der Waals surface area (Å²) in [5, 5.41) is 0. The standard InChI is InChI=1S/C32H66S.Hg/c1-3-5-7-9-11-13-15-17-19-21-23-25-27-29-31-33-32-30-28-26-24-22-20-18-16-14-12-10-8-6-4-2;/h3-32H2,1-2H3;. The Morgan fingerprint density at radius 2 is 0.441 bits per heavy atom. The van der Waals surface area contributed by atoms with Gasteiger partial charge in [0.15, 0.2) is 0 Å². The van der Waals surface area contributed by atoms with Crippen LogP contribution in [0.15, 0.2) is 0 Å². The zero-order valence-corrected chi connectivity index (χ0v) is 30.6. The second-order valence-corrected chi connectivity index (χ2v) is 12.0. The van der Waals surface area contributed by atoms with Crippen LogP contribution in [-0.4, -0.2) is 11.5 Å². The molecule has 0 aromatic carbocycles. The molecule has 0 radical (unpaired) electrons. The Balaban J connectivity index is 0. The van der Waals surface area contributed by atoms with Crippen LogP contribution in [0.2, 0.25) is 0 Å². The van der Waals surface area contributed by atoms with Gasteiger partial charge in [-0.15, -0.1) is 0 Å². The molecule has 0 unspecified atom stereocenters. The van der Waals surface area contributed by atoms with Crippen molar-refractivity contribution >= 4 is 11.8 Å². The Hall–Kier alpha value is 1.29. The summed E-state index contributed by atoms with van der Waals surface area (Å²) in [5.74, 6) is 2.83. The first kappa shape index (κ1) is 37.4. The van der Waals surface area contributed by atoms with Gasteiger partial charge in [0, 0.05) is 27.7 Å². The summed E-state index contributed by atoms with van der Waals surface area (Å²) in [6.07, 6.45) is 41.2. The van der Waals surface area contributed by atoms with Gasteiger partial charge in [0.1, 0.15) is 0 Å². The van der Waals surface area contributed by atoms with Gasteiger partial charge in [-0.25, -0.2) is 0 Å². The van der Waals surface area contributed by atoms with E-state index < -0.39 is 0 Å². The van der Waals surface area contributed by atoms with Crippen molar-refractivity contribution in [2.45, 2.75) is 194 Å². The third-order valence-corrected chi connectivity index (χ3v) is 8.44. The molecule has 34 heavy (non-hydrogen) atoms. The molecule has 0 fully saturated rings. The predicted octanol–water partition coefficient (Wildman–Crippen LogP) is 12.7. The summed E-state index contributed by atoms with van der Waals surface area (Å²) in [5.41, 5.74) is 0. The summed E-state index contributed by atoms with van der Waals surface area (Å²) >= 11 is 2.22. The van der Waals surface area contributed by atoms with E-state index in [9.17, 15) is 0 Å². The maximum Gasteiger partial charge on any atom is 0 e. The van der Waals surface area contributed by atoms with E-state index in [1.165, 1.54) is 191 Å². The fourth-order valence-electron chi connectivity index (χ4n) is 4.90. The van der Waals surface area contributed by atoms with Gasteiger partial charge in [-0.2, -0.15) is 11.8 Å². The first-order valence-corrected chi connectivity index (χ1v) is 17.1. The third kappa shape index (κ3) is 35.4. The first-order chi connectivity index (χ1) is 16.4. The average Bonchev–Trinajstić information content (AvgIpc) is 2.83. The van der Waals surface area contributed by atoms with Gasteiger partial charge in [-0.1, -0.05) is 181 Å². The maximum absolute atomic E-state index is 2.31. The van der Waals surface area contributed by atoms with E-state index in [4.69, 9.17) is 0 Å². The molecule has 0 heterocycles. The van der Waals surface area contributed by atoms with Crippen LogP contribution in [0, 0.1) is 0 Å². The van der Waals surface area contributed by atoms with Crippen LogP contribution >= 0.6 is 11.8 Å². The van der Waals surface area contributed by atoms with Crippen molar-refractivity contribution in [3.63, 3.8) is 0 Å². The van der Waals surface area contributed by atoms with Crippen LogP contribution in [0.4, 0.5) is 0 Å². The van der Waals surface area contributed by atoms with Crippen LogP contribution < -0.4 is 0 Å². The number of rotatable bonds is 30. The number of hydrogen-bond donors (Lipinski definition) is 0. The van der Waals surface area contributed by atoms with Gasteiger partial charge in [-0.3, -0.25) is 0 Å². The van der Waals surface area contributed by atoms with Crippen LogP contribution in [0.25, 0.3) is 0 Å². The van der Waals surface area contributed by atoms with Crippen LogP contribution in [0.1, 0.15) is 194 Å². The number of unbranched alkanes of at least 4 members (excludes halogenated alkanes) is 26. The number of thioether (sulfide) groups is 1. The fourth-order valence-corrected chi connectivity index (χ4v) is 5.92. The molecule has 0 aromatic heterocycles. The van der Waals surface area contributed by atoms with E-state index in [0.717, 1.165) is 0 Å². The van der Waals surface area contributed by atoms with E-state index in [-0.39, 0.29) is 27.7 Å². The molecule has 0 aliphatic heterocycles. The van der Waals surface area contributed by atoms with Crippen LogP contribution in [0.5, 0.6) is 0 Å². The minimum Gasteiger partial charge on any atom is -0.162 e. The minimum atomic E-state index is 0. The average molecular weight is 684 g/mol. The van der Waals surface area contributed by atoms with Crippen molar-refractivity contribution < 1.29 is 27.7 Å². The molecule has 0 bridgehead atoms. The van der Waals surface area contributed by atoms with Crippen molar-refractivity contribution in [1.82, 2.24) is 0 Å². The van der Waals surface area contributed by atoms with Gasteiger partial charge < -0.3 is 0 Å². The van der Waals surface area contributed by atoms with Crippen molar-refractivity contribution in [2.24, 2.45) is 0 Å². The first-order valence-electron chi connectivity index (χ1n) is 16.0. The molecule has 0 aliphatic carbocycles. The molecule has 0 spiro atoms.